The van der Waals surface area contributed by atoms with Gasteiger partial charge < -0.3 is 5.32 Å². The van der Waals surface area contributed by atoms with Gasteiger partial charge in [0.1, 0.15) is 12.4 Å². The Labute approximate surface area is 193 Å². The van der Waals surface area contributed by atoms with Gasteiger partial charge in [-0.3, -0.25) is 14.6 Å². The Bertz CT molecular complexity index is 1380. The number of aromatic amines is 1. The summed E-state index contributed by atoms with van der Waals surface area (Å²) in [6.07, 6.45) is 0.378. The summed E-state index contributed by atoms with van der Waals surface area (Å²) in [4.78, 5) is 16.9. The van der Waals surface area contributed by atoms with E-state index >= 15 is 0 Å². The van der Waals surface area contributed by atoms with Crippen molar-refractivity contribution in [3.63, 3.8) is 0 Å². The van der Waals surface area contributed by atoms with Gasteiger partial charge in [-0.1, -0.05) is 12.1 Å². The number of aryl methyl sites for hydroxylation is 2. The molecule has 7 nitrogen and oxygen atoms in total. The van der Waals surface area contributed by atoms with Crippen LogP contribution in [0.25, 0.3) is 22.3 Å². The van der Waals surface area contributed by atoms with E-state index in [1.807, 2.05) is 24.6 Å². The highest BCUT2D eigenvalue weighted by Crippen LogP contribution is 2.45. The Morgan fingerprint density at radius 3 is 2.74 bits per heavy atom. The fourth-order valence-electron chi connectivity index (χ4n) is 4.29. The first-order valence-corrected chi connectivity index (χ1v) is 11.0. The van der Waals surface area contributed by atoms with E-state index in [9.17, 15) is 18.0 Å². The van der Waals surface area contributed by atoms with Crippen LogP contribution in [0.2, 0.25) is 0 Å². The molecule has 2 aromatic carbocycles. The number of carbonyl (C=O) groups is 1. The van der Waals surface area contributed by atoms with Gasteiger partial charge in [-0.05, 0) is 60.6 Å². The topological polar surface area (TPSA) is 88.5 Å². The molecule has 1 aliphatic carbocycles. The van der Waals surface area contributed by atoms with Gasteiger partial charge in [-0.2, -0.15) is 23.4 Å². The van der Waals surface area contributed by atoms with Crippen molar-refractivity contribution in [2.24, 2.45) is 7.05 Å². The van der Waals surface area contributed by atoms with Crippen molar-refractivity contribution in [3.8, 4) is 11.4 Å². The van der Waals surface area contributed by atoms with Crippen molar-refractivity contribution in [1.82, 2.24) is 30.3 Å². The van der Waals surface area contributed by atoms with Crippen LogP contribution in [0.15, 0.2) is 36.5 Å². The number of fused-ring (bicyclic) bond motifs is 1. The molecule has 0 aliphatic heterocycles. The van der Waals surface area contributed by atoms with Gasteiger partial charge in [-0.25, -0.2) is 4.98 Å². The average Bonchev–Trinajstić information content (AvgIpc) is 3.39. The van der Waals surface area contributed by atoms with Crippen LogP contribution in [0.3, 0.4) is 0 Å². The molecule has 1 amide bonds. The number of nitrogens with one attached hydrogen (secondary N) is 2. The predicted octanol–water partition coefficient (Wildman–Crippen LogP) is 4.43. The van der Waals surface area contributed by atoms with E-state index in [4.69, 9.17) is 4.98 Å². The van der Waals surface area contributed by atoms with E-state index < -0.39 is 18.6 Å². The molecule has 0 bridgehead atoms. The van der Waals surface area contributed by atoms with Crippen LogP contribution in [-0.2, 0) is 13.5 Å². The molecule has 0 unspecified atom stereocenters. The van der Waals surface area contributed by atoms with Gasteiger partial charge in [0.2, 0.25) is 0 Å². The second-order valence-corrected chi connectivity index (χ2v) is 8.72. The maximum Gasteiger partial charge on any atom is 0.405 e. The molecule has 1 aliphatic rings. The summed E-state index contributed by atoms with van der Waals surface area (Å²) in [5.41, 5.74) is 4.98. The van der Waals surface area contributed by atoms with Crippen LogP contribution in [0, 0.1) is 6.92 Å². The van der Waals surface area contributed by atoms with Gasteiger partial charge in [0.25, 0.3) is 5.91 Å². The Hall–Kier alpha value is -3.69. The third kappa shape index (κ3) is 4.40. The number of amides is 1. The monoisotopic (exact) mass is 468 g/mol. The molecule has 34 heavy (non-hydrogen) atoms. The molecule has 176 valence electrons. The predicted molar refractivity (Wildman–Crippen MR) is 120 cm³/mol. The minimum Gasteiger partial charge on any atom is -0.343 e. The van der Waals surface area contributed by atoms with Crippen molar-refractivity contribution in [1.29, 1.82) is 0 Å². The van der Waals surface area contributed by atoms with E-state index in [1.54, 1.807) is 23.7 Å². The lowest BCUT2D eigenvalue weighted by molar-refractivity contribution is -0.123. The first kappa shape index (κ1) is 22.1. The molecule has 2 heterocycles. The lowest BCUT2D eigenvalue weighted by Crippen LogP contribution is -2.34. The second-order valence-electron chi connectivity index (χ2n) is 8.72. The standard InChI is InChI=1S/C24H23F3N6O/c1-13-9-16(5-7-17(13)23(34)28-12-24(25,26)27)22-30-20(33(2)32-22)10-15-6-8-19-18(11-29-31-19)21(15)14-3-4-14/h5-9,11,14H,3-4,10,12H2,1-2H3,(H,28,34)(H,29,31). The van der Waals surface area contributed by atoms with Gasteiger partial charge in [-0.15, -0.1) is 0 Å². The van der Waals surface area contributed by atoms with Crippen LogP contribution in [0.5, 0.6) is 0 Å². The van der Waals surface area contributed by atoms with Crippen LogP contribution in [0.4, 0.5) is 13.2 Å². The van der Waals surface area contributed by atoms with Crippen molar-refractivity contribution in [3.05, 3.63) is 64.6 Å². The lowest BCUT2D eigenvalue weighted by atomic mass is 9.96. The molecule has 10 heteroatoms. The minimum atomic E-state index is -4.46. The van der Waals surface area contributed by atoms with Gasteiger partial charge in [0, 0.05) is 30.0 Å². The van der Waals surface area contributed by atoms with Crippen LogP contribution in [0.1, 0.15) is 51.6 Å². The molecule has 2 N–H and O–H groups in total. The number of halogens is 3. The molecule has 1 saturated carbocycles. The summed E-state index contributed by atoms with van der Waals surface area (Å²) in [6.45, 7) is 0.309. The fourth-order valence-corrected chi connectivity index (χ4v) is 4.29. The molecule has 1 fully saturated rings. The van der Waals surface area contributed by atoms with E-state index in [-0.39, 0.29) is 5.56 Å². The van der Waals surface area contributed by atoms with Crippen LogP contribution < -0.4 is 5.32 Å². The zero-order valence-corrected chi connectivity index (χ0v) is 18.7. The summed E-state index contributed by atoms with van der Waals surface area (Å²) < 4.78 is 39.0. The summed E-state index contributed by atoms with van der Waals surface area (Å²) in [6, 6.07) is 9.02. The highest BCUT2D eigenvalue weighted by atomic mass is 19.4. The Morgan fingerprint density at radius 1 is 1.24 bits per heavy atom. The molecule has 0 atom stereocenters. The Kier molecular flexibility index (Phi) is 5.38. The number of nitrogens with zero attached hydrogens (tertiary/aromatic N) is 4. The average molecular weight is 468 g/mol. The summed E-state index contributed by atoms with van der Waals surface area (Å²) in [5, 5.41) is 14.8. The maximum atomic E-state index is 12.4. The minimum absolute atomic E-state index is 0.187. The van der Waals surface area contributed by atoms with Crippen molar-refractivity contribution < 1.29 is 18.0 Å². The molecule has 4 aromatic rings. The number of carbonyl (C=O) groups excluding carboxylic acids is 1. The SMILES string of the molecule is Cc1cc(-c2nc(Cc3ccc4[nH]ncc4c3C3CC3)n(C)n2)ccc1C(=O)NCC(F)(F)F. The Morgan fingerprint density at radius 2 is 2.03 bits per heavy atom. The normalized spacial score (nSPS) is 14.0. The van der Waals surface area contributed by atoms with Crippen molar-refractivity contribution >= 4 is 16.8 Å². The third-order valence-electron chi connectivity index (χ3n) is 6.12. The molecule has 5 rings (SSSR count). The molecular weight excluding hydrogens is 445 g/mol. The summed E-state index contributed by atoms with van der Waals surface area (Å²) >= 11 is 0. The van der Waals surface area contributed by atoms with E-state index in [0.717, 1.165) is 16.7 Å². The number of alkyl halides is 3. The third-order valence-corrected chi connectivity index (χ3v) is 6.12. The smallest absolute Gasteiger partial charge is 0.343 e. The first-order valence-electron chi connectivity index (χ1n) is 11.0. The largest absolute Gasteiger partial charge is 0.405 e. The molecule has 0 radical (unpaired) electrons. The molecule has 0 saturated heterocycles. The van der Waals surface area contributed by atoms with Gasteiger partial charge in [0.15, 0.2) is 5.82 Å². The number of H-pyrrole nitrogens is 1. The maximum absolute atomic E-state index is 12.4. The van der Waals surface area contributed by atoms with E-state index in [1.165, 1.54) is 30.0 Å². The Balaban J connectivity index is 1.39. The highest BCUT2D eigenvalue weighted by Gasteiger charge is 2.29. The highest BCUT2D eigenvalue weighted by molar-refractivity contribution is 5.96. The number of hydrogen-bond acceptors (Lipinski definition) is 4. The van der Waals surface area contributed by atoms with Gasteiger partial charge >= 0.3 is 6.18 Å². The van der Waals surface area contributed by atoms with Crippen LogP contribution >= 0.6 is 0 Å². The zero-order chi connectivity index (χ0) is 24.0. The van der Waals surface area contributed by atoms with E-state index in [2.05, 4.69) is 21.4 Å². The van der Waals surface area contributed by atoms with Gasteiger partial charge in [0.05, 0.1) is 11.7 Å². The van der Waals surface area contributed by atoms with Crippen molar-refractivity contribution in [2.45, 2.75) is 38.3 Å². The number of benzene rings is 2. The molecule has 2 aromatic heterocycles. The number of hydrogen-bond donors (Lipinski definition) is 2. The van der Waals surface area contributed by atoms with Crippen molar-refractivity contribution in [2.75, 3.05) is 6.54 Å². The summed E-state index contributed by atoms with van der Waals surface area (Å²) in [5.74, 6) is 1.07. The number of aromatic nitrogens is 5. The lowest BCUT2D eigenvalue weighted by Gasteiger charge is -2.10. The zero-order valence-electron chi connectivity index (χ0n) is 18.7. The van der Waals surface area contributed by atoms with Crippen LogP contribution in [-0.4, -0.2) is 43.6 Å². The first-order chi connectivity index (χ1) is 16.2. The summed E-state index contributed by atoms with van der Waals surface area (Å²) in [7, 11) is 1.84. The van der Waals surface area contributed by atoms with E-state index in [0.29, 0.717) is 29.3 Å². The second kappa shape index (κ2) is 8.27. The quantitative estimate of drug-likeness (QED) is 0.438. The molecule has 0 spiro atoms. The fraction of sp³-hybridized carbons (Fsp3) is 0.333. The number of rotatable bonds is 6. The molecular formula is C24H23F3N6O.